The number of nitrogens with one attached hydrogen (secondary N) is 2. The predicted molar refractivity (Wildman–Crippen MR) is 103 cm³/mol. The van der Waals surface area contributed by atoms with Gasteiger partial charge in [0.25, 0.3) is 5.91 Å². The lowest BCUT2D eigenvalue weighted by atomic mass is 10.2. The Balaban J connectivity index is 1.65. The molecule has 1 aromatic heterocycles. The van der Waals surface area contributed by atoms with Crippen LogP contribution in [-0.2, 0) is 4.74 Å². The van der Waals surface area contributed by atoms with Gasteiger partial charge >= 0.3 is 5.97 Å². The van der Waals surface area contributed by atoms with Gasteiger partial charge in [0, 0.05) is 5.69 Å². The maximum Gasteiger partial charge on any atom is 0.337 e. The molecule has 0 atom stereocenters. The minimum atomic E-state index is -0.412. The lowest BCUT2D eigenvalue weighted by Gasteiger charge is -2.08. The smallest absolute Gasteiger partial charge is 0.337 e. The zero-order valence-electron chi connectivity index (χ0n) is 14.3. The molecule has 0 fully saturated rings. The topological polar surface area (TPSA) is 93.2 Å². The van der Waals surface area contributed by atoms with Crippen LogP contribution in [-0.4, -0.2) is 29.2 Å². The van der Waals surface area contributed by atoms with Crippen molar-refractivity contribution in [2.45, 2.75) is 0 Å². The number of nitrogens with zero attached hydrogens (tertiary/aromatic N) is 2. The second-order valence-electron chi connectivity index (χ2n) is 5.43. The molecule has 0 saturated heterocycles. The molecule has 2 aromatic carbocycles. The number of aromatic nitrogens is 2. The highest BCUT2D eigenvalue weighted by Crippen LogP contribution is 2.21. The third-order valence-corrected chi connectivity index (χ3v) is 3.93. The van der Waals surface area contributed by atoms with Crippen molar-refractivity contribution in [2.75, 3.05) is 17.7 Å². The minimum absolute atomic E-state index is 0.154. The van der Waals surface area contributed by atoms with Crippen LogP contribution in [0.4, 0.5) is 17.2 Å². The molecule has 8 heteroatoms. The number of esters is 1. The van der Waals surface area contributed by atoms with Crippen molar-refractivity contribution >= 4 is 40.7 Å². The van der Waals surface area contributed by atoms with Gasteiger partial charge in [-0.05, 0) is 48.5 Å². The van der Waals surface area contributed by atoms with E-state index in [0.29, 0.717) is 27.8 Å². The molecule has 3 rings (SSSR count). The summed E-state index contributed by atoms with van der Waals surface area (Å²) in [7, 11) is 1.33. The zero-order valence-corrected chi connectivity index (χ0v) is 15.0. The lowest BCUT2D eigenvalue weighted by Crippen LogP contribution is -2.14. The molecule has 0 saturated carbocycles. The van der Waals surface area contributed by atoms with Gasteiger partial charge in [0.1, 0.15) is 0 Å². The van der Waals surface area contributed by atoms with E-state index in [-0.39, 0.29) is 5.69 Å². The van der Waals surface area contributed by atoms with Crippen LogP contribution in [0.1, 0.15) is 20.8 Å². The van der Waals surface area contributed by atoms with Crippen LogP contribution >= 0.6 is 11.6 Å². The number of carbonyl (C=O) groups excluding carboxylic acids is 2. The number of hydrogen-bond donors (Lipinski definition) is 2. The van der Waals surface area contributed by atoms with Crippen LogP contribution in [0, 0.1) is 0 Å². The number of carbonyl (C=O) groups is 2. The summed E-state index contributed by atoms with van der Waals surface area (Å²) in [5.41, 5.74) is 1.81. The van der Waals surface area contributed by atoms with Gasteiger partial charge in [-0.2, -0.15) is 0 Å². The normalized spacial score (nSPS) is 10.1. The van der Waals surface area contributed by atoms with Crippen molar-refractivity contribution in [3.63, 3.8) is 0 Å². The van der Waals surface area contributed by atoms with Gasteiger partial charge in [0.2, 0.25) is 0 Å². The van der Waals surface area contributed by atoms with Crippen LogP contribution in [0.5, 0.6) is 0 Å². The molecule has 0 radical (unpaired) electrons. The standard InChI is InChI=1S/C19H15ClN4O3/c1-27-19(26)12-6-8-13(9-7-12)21-17-11-10-16(23-24-17)18(25)22-15-5-3-2-4-14(15)20/h2-11H,1H3,(H,21,24)(H,22,25). The summed E-state index contributed by atoms with van der Waals surface area (Å²) < 4.78 is 4.65. The largest absolute Gasteiger partial charge is 0.465 e. The highest BCUT2D eigenvalue weighted by atomic mass is 35.5. The fraction of sp³-hybridized carbons (Fsp3) is 0.0526. The number of hydrogen-bond acceptors (Lipinski definition) is 6. The van der Waals surface area contributed by atoms with Gasteiger partial charge in [-0.1, -0.05) is 23.7 Å². The van der Waals surface area contributed by atoms with Crippen molar-refractivity contribution in [1.29, 1.82) is 0 Å². The minimum Gasteiger partial charge on any atom is -0.465 e. The van der Waals surface area contributed by atoms with E-state index in [4.69, 9.17) is 11.6 Å². The molecule has 7 nitrogen and oxygen atoms in total. The number of methoxy groups -OCH3 is 1. The third kappa shape index (κ3) is 4.59. The predicted octanol–water partition coefficient (Wildman–Crippen LogP) is 3.91. The first-order chi connectivity index (χ1) is 13.1. The second-order valence-corrected chi connectivity index (χ2v) is 5.84. The lowest BCUT2D eigenvalue weighted by molar-refractivity contribution is 0.0600. The number of benzene rings is 2. The van der Waals surface area contributed by atoms with Gasteiger partial charge in [0.05, 0.1) is 23.4 Å². The number of ether oxygens (including phenoxy) is 1. The van der Waals surface area contributed by atoms with Crippen LogP contribution in [0.3, 0.4) is 0 Å². The summed E-state index contributed by atoms with van der Waals surface area (Å²) in [4.78, 5) is 23.7. The summed E-state index contributed by atoms with van der Waals surface area (Å²) in [5.74, 6) is -0.366. The number of halogens is 1. The molecule has 0 unspecified atom stereocenters. The Kier molecular flexibility index (Phi) is 5.63. The van der Waals surface area contributed by atoms with Gasteiger partial charge in [-0.15, -0.1) is 10.2 Å². The Morgan fingerprint density at radius 2 is 1.70 bits per heavy atom. The zero-order chi connectivity index (χ0) is 19.2. The molecule has 3 aromatic rings. The SMILES string of the molecule is COC(=O)c1ccc(Nc2ccc(C(=O)Nc3ccccc3Cl)nn2)cc1. The van der Waals surface area contributed by atoms with Crippen LogP contribution in [0.2, 0.25) is 5.02 Å². The fourth-order valence-electron chi connectivity index (χ4n) is 2.22. The van der Waals surface area contributed by atoms with E-state index in [0.717, 1.165) is 0 Å². The first kappa shape index (κ1) is 18.3. The molecule has 0 aliphatic rings. The van der Waals surface area contributed by atoms with Crippen molar-refractivity contribution in [3.05, 3.63) is 76.9 Å². The molecular weight excluding hydrogens is 368 g/mol. The molecule has 2 N–H and O–H groups in total. The van der Waals surface area contributed by atoms with Gasteiger partial charge in [-0.25, -0.2) is 4.79 Å². The molecule has 136 valence electrons. The Hall–Kier alpha value is -3.45. The quantitative estimate of drug-likeness (QED) is 0.650. The number of amides is 1. The highest BCUT2D eigenvalue weighted by molar-refractivity contribution is 6.33. The van der Waals surface area contributed by atoms with Gasteiger partial charge < -0.3 is 15.4 Å². The van der Waals surface area contributed by atoms with Crippen molar-refractivity contribution in [1.82, 2.24) is 10.2 Å². The Bertz CT molecular complexity index is 959. The van der Waals surface area contributed by atoms with Crippen molar-refractivity contribution in [3.8, 4) is 0 Å². The van der Waals surface area contributed by atoms with E-state index >= 15 is 0 Å². The molecule has 27 heavy (non-hydrogen) atoms. The Morgan fingerprint density at radius 1 is 0.963 bits per heavy atom. The summed E-state index contributed by atoms with van der Waals surface area (Å²) in [6.07, 6.45) is 0. The average molecular weight is 383 g/mol. The van der Waals surface area contributed by atoms with E-state index in [1.54, 1.807) is 60.7 Å². The van der Waals surface area contributed by atoms with Gasteiger partial charge in [0.15, 0.2) is 11.5 Å². The molecule has 0 spiro atoms. The summed E-state index contributed by atoms with van der Waals surface area (Å²) in [6.45, 7) is 0. The Morgan fingerprint density at radius 3 is 2.33 bits per heavy atom. The van der Waals surface area contributed by atoms with Crippen molar-refractivity contribution in [2.24, 2.45) is 0 Å². The molecule has 0 aliphatic carbocycles. The highest BCUT2D eigenvalue weighted by Gasteiger charge is 2.11. The summed E-state index contributed by atoms with van der Waals surface area (Å²) in [6, 6.07) is 16.8. The molecule has 0 aliphatic heterocycles. The number of para-hydroxylation sites is 1. The van der Waals surface area contributed by atoms with E-state index in [1.807, 2.05) is 0 Å². The maximum atomic E-state index is 12.2. The first-order valence-corrected chi connectivity index (χ1v) is 8.29. The maximum absolute atomic E-state index is 12.2. The van der Waals surface area contributed by atoms with Crippen molar-refractivity contribution < 1.29 is 14.3 Å². The third-order valence-electron chi connectivity index (χ3n) is 3.60. The summed E-state index contributed by atoms with van der Waals surface area (Å²) in [5, 5.41) is 14.1. The first-order valence-electron chi connectivity index (χ1n) is 7.92. The van der Waals surface area contributed by atoms with E-state index < -0.39 is 11.9 Å². The van der Waals surface area contributed by atoms with E-state index in [9.17, 15) is 9.59 Å². The average Bonchev–Trinajstić information content (AvgIpc) is 2.70. The molecular formula is C19H15ClN4O3. The monoisotopic (exact) mass is 382 g/mol. The molecule has 1 amide bonds. The summed E-state index contributed by atoms with van der Waals surface area (Å²) >= 11 is 6.02. The van der Waals surface area contributed by atoms with E-state index in [2.05, 4.69) is 25.6 Å². The van der Waals surface area contributed by atoms with E-state index in [1.165, 1.54) is 7.11 Å². The second kappa shape index (κ2) is 8.29. The van der Waals surface area contributed by atoms with Crippen LogP contribution < -0.4 is 10.6 Å². The molecule has 1 heterocycles. The Labute approximate surface area is 160 Å². The molecule has 0 bridgehead atoms. The van der Waals surface area contributed by atoms with Crippen LogP contribution in [0.15, 0.2) is 60.7 Å². The number of rotatable bonds is 5. The fourth-order valence-corrected chi connectivity index (χ4v) is 2.41. The number of anilines is 3. The van der Waals surface area contributed by atoms with Gasteiger partial charge in [-0.3, -0.25) is 4.79 Å². The van der Waals surface area contributed by atoms with Crippen LogP contribution in [0.25, 0.3) is 0 Å².